The second-order valence-corrected chi connectivity index (χ2v) is 6.54. The smallest absolute Gasteiger partial charge is 0.00127 e. The van der Waals surface area contributed by atoms with Crippen molar-refractivity contribution in [3.05, 3.63) is 0 Å². The summed E-state index contributed by atoms with van der Waals surface area (Å²) in [6.07, 6.45) is 8.85. The lowest BCUT2D eigenvalue weighted by Gasteiger charge is -2.51. The molecule has 0 amide bonds. The van der Waals surface area contributed by atoms with Gasteiger partial charge in [-0.2, -0.15) is 0 Å². The summed E-state index contributed by atoms with van der Waals surface area (Å²) < 4.78 is 0. The van der Waals surface area contributed by atoms with Crippen LogP contribution in [0.5, 0.6) is 0 Å². The van der Waals surface area contributed by atoms with Gasteiger partial charge in [-0.15, -0.1) is 0 Å². The topological polar surface area (TPSA) is 12.0 Å². The molecule has 3 atom stereocenters. The fraction of sp³-hybridized carbons (Fsp3) is 1.00. The second kappa shape index (κ2) is 5.08. The van der Waals surface area contributed by atoms with E-state index >= 15 is 0 Å². The van der Waals surface area contributed by atoms with Crippen molar-refractivity contribution in [2.45, 2.75) is 59.3 Å². The predicted octanol–water partition coefficient (Wildman–Crippen LogP) is 3.84. The van der Waals surface area contributed by atoms with E-state index in [0.29, 0.717) is 5.41 Å². The van der Waals surface area contributed by atoms with E-state index in [1.807, 2.05) is 0 Å². The summed E-state index contributed by atoms with van der Waals surface area (Å²) in [6, 6.07) is 0. The molecule has 0 bridgehead atoms. The average Bonchev–Trinajstić information content (AvgIpc) is 2.29. The first-order valence-electron chi connectivity index (χ1n) is 7.38. The SMILES string of the molecule is CCC1CCCC2(CCNCC2C(C)C)C1. The molecule has 16 heavy (non-hydrogen) atoms. The van der Waals surface area contributed by atoms with Crippen LogP contribution in [0.25, 0.3) is 0 Å². The standard InChI is InChI=1S/C15H29N/c1-4-13-6-5-7-15(10-13)8-9-16-11-14(15)12(2)3/h12-14,16H,4-11H2,1-3H3. The van der Waals surface area contributed by atoms with Crippen molar-refractivity contribution in [1.82, 2.24) is 5.32 Å². The third-order valence-corrected chi connectivity index (χ3v) is 5.31. The number of rotatable bonds is 2. The lowest BCUT2D eigenvalue weighted by molar-refractivity contribution is 0.00784. The molecule has 0 radical (unpaired) electrons. The molecule has 2 aliphatic rings. The average molecular weight is 223 g/mol. The molecular formula is C15H29N. The van der Waals surface area contributed by atoms with Gasteiger partial charge in [-0.05, 0) is 55.5 Å². The molecule has 1 aliphatic carbocycles. The maximum atomic E-state index is 3.62. The van der Waals surface area contributed by atoms with Crippen LogP contribution in [0.15, 0.2) is 0 Å². The quantitative estimate of drug-likeness (QED) is 0.750. The Morgan fingerprint density at radius 1 is 1.31 bits per heavy atom. The van der Waals surface area contributed by atoms with Crippen LogP contribution in [-0.2, 0) is 0 Å². The van der Waals surface area contributed by atoms with Gasteiger partial charge in [0.2, 0.25) is 0 Å². The number of hydrogen-bond acceptors (Lipinski definition) is 1. The van der Waals surface area contributed by atoms with E-state index in [1.165, 1.54) is 51.6 Å². The van der Waals surface area contributed by atoms with E-state index in [1.54, 1.807) is 0 Å². The van der Waals surface area contributed by atoms with E-state index < -0.39 is 0 Å². The maximum absolute atomic E-state index is 3.62. The highest BCUT2D eigenvalue weighted by molar-refractivity contribution is 4.96. The summed E-state index contributed by atoms with van der Waals surface area (Å²) in [7, 11) is 0. The van der Waals surface area contributed by atoms with Crippen LogP contribution >= 0.6 is 0 Å². The van der Waals surface area contributed by atoms with E-state index in [9.17, 15) is 0 Å². The fourth-order valence-electron chi connectivity index (χ4n) is 4.37. The van der Waals surface area contributed by atoms with Crippen LogP contribution in [0.4, 0.5) is 0 Å². The maximum Gasteiger partial charge on any atom is -0.00127 e. The molecule has 1 aliphatic heterocycles. The molecule has 1 saturated carbocycles. The Bertz CT molecular complexity index is 219. The summed E-state index contributed by atoms with van der Waals surface area (Å²) in [5, 5.41) is 3.62. The van der Waals surface area contributed by atoms with Gasteiger partial charge in [-0.25, -0.2) is 0 Å². The van der Waals surface area contributed by atoms with Gasteiger partial charge in [0.05, 0.1) is 0 Å². The summed E-state index contributed by atoms with van der Waals surface area (Å²) in [6.45, 7) is 9.77. The molecule has 1 nitrogen and oxygen atoms in total. The summed E-state index contributed by atoms with van der Waals surface area (Å²) in [4.78, 5) is 0. The minimum Gasteiger partial charge on any atom is -0.316 e. The van der Waals surface area contributed by atoms with Crippen molar-refractivity contribution in [3.8, 4) is 0 Å². The van der Waals surface area contributed by atoms with Crippen LogP contribution in [0.3, 0.4) is 0 Å². The van der Waals surface area contributed by atoms with E-state index in [4.69, 9.17) is 0 Å². The first-order chi connectivity index (χ1) is 7.68. The van der Waals surface area contributed by atoms with Gasteiger partial charge in [0.25, 0.3) is 0 Å². The van der Waals surface area contributed by atoms with E-state index in [-0.39, 0.29) is 0 Å². The zero-order valence-electron chi connectivity index (χ0n) is 11.4. The molecule has 94 valence electrons. The molecule has 1 N–H and O–H groups in total. The van der Waals surface area contributed by atoms with Gasteiger partial charge in [0.1, 0.15) is 0 Å². The molecule has 2 fully saturated rings. The van der Waals surface area contributed by atoms with Gasteiger partial charge in [-0.3, -0.25) is 0 Å². The van der Waals surface area contributed by atoms with Crippen LogP contribution in [0, 0.1) is 23.2 Å². The zero-order valence-corrected chi connectivity index (χ0v) is 11.4. The highest BCUT2D eigenvalue weighted by Gasteiger charge is 2.44. The Hall–Kier alpha value is -0.0400. The molecule has 1 saturated heterocycles. The van der Waals surface area contributed by atoms with Gasteiger partial charge < -0.3 is 5.32 Å². The molecule has 0 aromatic carbocycles. The predicted molar refractivity (Wildman–Crippen MR) is 70.5 cm³/mol. The van der Waals surface area contributed by atoms with Gasteiger partial charge >= 0.3 is 0 Å². The molecular weight excluding hydrogens is 194 g/mol. The normalized spacial score (nSPS) is 40.5. The van der Waals surface area contributed by atoms with Crippen LogP contribution in [-0.4, -0.2) is 13.1 Å². The van der Waals surface area contributed by atoms with Crippen molar-refractivity contribution in [2.75, 3.05) is 13.1 Å². The molecule has 1 heterocycles. The van der Waals surface area contributed by atoms with Crippen molar-refractivity contribution < 1.29 is 0 Å². The first-order valence-corrected chi connectivity index (χ1v) is 7.38. The van der Waals surface area contributed by atoms with E-state index in [2.05, 4.69) is 26.1 Å². The van der Waals surface area contributed by atoms with Crippen molar-refractivity contribution >= 4 is 0 Å². The molecule has 2 rings (SSSR count). The fourth-order valence-corrected chi connectivity index (χ4v) is 4.37. The molecule has 1 heteroatoms. The first kappa shape index (κ1) is 12.4. The zero-order chi connectivity index (χ0) is 11.6. The van der Waals surface area contributed by atoms with Crippen LogP contribution < -0.4 is 5.32 Å². The number of nitrogens with one attached hydrogen (secondary N) is 1. The van der Waals surface area contributed by atoms with Crippen molar-refractivity contribution in [1.29, 1.82) is 0 Å². The van der Waals surface area contributed by atoms with Crippen molar-refractivity contribution in [3.63, 3.8) is 0 Å². The lowest BCUT2D eigenvalue weighted by atomic mass is 9.57. The van der Waals surface area contributed by atoms with E-state index in [0.717, 1.165) is 17.8 Å². The highest BCUT2D eigenvalue weighted by atomic mass is 14.9. The Kier molecular flexibility index (Phi) is 3.94. The Labute approximate surface area is 101 Å². The highest BCUT2D eigenvalue weighted by Crippen LogP contribution is 2.51. The Balaban J connectivity index is 2.12. The summed E-state index contributed by atoms with van der Waals surface area (Å²) >= 11 is 0. The Morgan fingerprint density at radius 2 is 2.12 bits per heavy atom. The molecule has 0 aromatic rings. The van der Waals surface area contributed by atoms with Gasteiger partial charge in [-0.1, -0.05) is 40.0 Å². The monoisotopic (exact) mass is 223 g/mol. The minimum absolute atomic E-state index is 0.707. The largest absolute Gasteiger partial charge is 0.316 e. The second-order valence-electron chi connectivity index (χ2n) is 6.54. The summed E-state index contributed by atoms with van der Waals surface area (Å²) in [5.41, 5.74) is 0.707. The van der Waals surface area contributed by atoms with Crippen molar-refractivity contribution in [2.24, 2.45) is 23.2 Å². The number of piperidine rings is 1. The lowest BCUT2D eigenvalue weighted by Crippen LogP contribution is -2.49. The Morgan fingerprint density at radius 3 is 2.81 bits per heavy atom. The number of hydrogen-bond donors (Lipinski definition) is 1. The summed E-state index contributed by atoms with van der Waals surface area (Å²) in [5.74, 6) is 2.80. The van der Waals surface area contributed by atoms with Crippen LogP contribution in [0.2, 0.25) is 0 Å². The third-order valence-electron chi connectivity index (χ3n) is 5.31. The third kappa shape index (κ3) is 2.30. The molecule has 1 spiro atoms. The molecule has 0 aromatic heterocycles. The minimum atomic E-state index is 0.707. The van der Waals surface area contributed by atoms with Gasteiger partial charge in [0, 0.05) is 0 Å². The molecule has 3 unspecified atom stereocenters. The van der Waals surface area contributed by atoms with Crippen LogP contribution in [0.1, 0.15) is 59.3 Å². The van der Waals surface area contributed by atoms with Gasteiger partial charge in [0.15, 0.2) is 0 Å².